The van der Waals surface area contributed by atoms with Gasteiger partial charge in [0.2, 0.25) is 5.78 Å². The molecule has 0 saturated heterocycles. The summed E-state index contributed by atoms with van der Waals surface area (Å²) in [6, 6.07) is 7.23. The van der Waals surface area contributed by atoms with E-state index in [9.17, 15) is 4.79 Å². The highest BCUT2D eigenvalue weighted by Crippen LogP contribution is 2.22. The van der Waals surface area contributed by atoms with E-state index in [0.29, 0.717) is 36.6 Å². The quantitative estimate of drug-likeness (QED) is 0.822. The first-order chi connectivity index (χ1) is 9.26. The van der Waals surface area contributed by atoms with Gasteiger partial charge in [-0.25, -0.2) is 4.98 Å². The van der Waals surface area contributed by atoms with Crippen molar-refractivity contribution in [2.45, 2.75) is 13.3 Å². The standard InChI is InChI=1S/C14H16N2O2S/c1-2-18-12-6-4-3-5-10(12)14(17)11-9-19-13(16-11)7-8-15/h3-6,9H,2,7-8,15H2,1H3. The van der Waals surface area contributed by atoms with Crippen LogP contribution in [0.5, 0.6) is 5.75 Å². The Morgan fingerprint density at radius 1 is 1.42 bits per heavy atom. The number of aromatic nitrogens is 1. The van der Waals surface area contributed by atoms with Crippen molar-refractivity contribution in [3.63, 3.8) is 0 Å². The summed E-state index contributed by atoms with van der Waals surface area (Å²) in [5.74, 6) is 0.493. The number of ether oxygens (including phenoxy) is 1. The molecule has 0 radical (unpaired) electrons. The first-order valence-corrected chi connectivity index (χ1v) is 7.05. The van der Waals surface area contributed by atoms with Gasteiger partial charge in [0.05, 0.1) is 17.2 Å². The van der Waals surface area contributed by atoms with Crippen LogP contribution in [0.1, 0.15) is 28.0 Å². The first-order valence-electron chi connectivity index (χ1n) is 6.17. The zero-order valence-electron chi connectivity index (χ0n) is 10.8. The summed E-state index contributed by atoms with van der Waals surface area (Å²) in [4.78, 5) is 16.7. The Balaban J connectivity index is 2.27. The molecule has 0 bridgehead atoms. The molecule has 0 atom stereocenters. The van der Waals surface area contributed by atoms with Gasteiger partial charge in [0.25, 0.3) is 0 Å². The number of hydrogen-bond acceptors (Lipinski definition) is 5. The lowest BCUT2D eigenvalue weighted by molar-refractivity contribution is 0.103. The molecule has 1 heterocycles. The minimum atomic E-state index is -0.108. The van der Waals surface area contributed by atoms with Gasteiger partial charge >= 0.3 is 0 Å². The van der Waals surface area contributed by atoms with Crippen LogP contribution in [0.4, 0.5) is 0 Å². The number of thiazole rings is 1. The van der Waals surface area contributed by atoms with Gasteiger partial charge in [0.15, 0.2) is 0 Å². The van der Waals surface area contributed by atoms with Crippen molar-refractivity contribution in [2.24, 2.45) is 5.73 Å². The largest absolute Gasteiger partial charge is 0.493 e. The number of rotatable bonds is 6. The Hall–Kier alpha value is -1.72. The summed E-state index contributed by atoms with van der Waals surface area (Å²) in [7, 11) is 0. The molecule has 2 aromatic rings. The fourth-order valence-electron chi connectivity index (χ4n) is 1.73. The molecule has 0 saturated carbocycles. The number of hydrogen-bond donors (Lipinski definition) is 1. The average Bonchev–Trinajstić information content (AvgIpc) is 2.88. The normalized spacial score (nSPS) is 10.4. The molecule has 0 aliphatic carbocycles. The number of nitrogens with zero attached hydrogens (tertiary/aromatic N) is 1. The van der Waals surface area contributed by atoms with E-state index in [1.165, 1.54) is 11.3 Å². The van der Waals surface area contributed by atoms with Crippen LogP contribution >= 0.6 is 11.3 Å². The fraction of sp³-hybridized carbons (Fsp3) is 0.286. The summed E-state index contributed by atoms with van der Waals surface area (Å²) in [5.41, 5.74) is 6.49. The summed E-state index contributed by atoms with van der Waals surface area (Å²) in [6.07, 6.45) is 0.699. The van der Waals surface area contributed by atoms with Crippen molar-refractivity contribution in [2.75, 3.05) is 13.2 Å². The third-order valence-corrected chi connectivity index (χ3v) is 3.48. The summed E-state index contributed by atoms with van der Waals surface area (Å²) < 4.78 is 5.47. The molecular weight excluding hydrogens is 260 g/mol. The van der Waals surface area contributed by atoms with Crippen LogP contribution in [0.2, 0.25) is 0 Å². The van der Waals surface area contributed by atoms with E-state index in [-0.39, 0.29) is 5.78 Å². The topological polar surface area (TPSA) is 65.2 Å². The average molecular weight is 276 g/mol. The van der Waals surface area contributed by atoms with Crippen LogP contribution in [-0.2, 0) is 6.42 Å². The number of carbonyl (C=O) groups is 1. The second-order valence-electron chi connectivity index (χ2n) is 3.92. The molecule has 1 aromatic carbocycles. The van der Waals surface area contributed by atoms with Crippen LogP contribution in [0, 0.1) is 0 Å². The summed E-state index contributed by atoms with van der Waals surface area (Å²) >= 11 is 1.46. The van der Waals surface area contributed by atoms with Crippen LogP contribution in [0.15, 0.2) is 29.6 Å². The molecule has 100 valence electrons. The van der Waals surface area contributed by atoms with Crippen LogP contribution in [0.3, 0.4) is 0 Å². The van der Waals surface area contributed by atoms with Gasteiger partial charge in [0, 0.05) is 11.8 Å². The molecule has 1 aromatic heterocycles. The van der Waals surface area contributed by atoms with Gasteiger partial charge in [-0.05, 0) is 25.6 Å². The zero-order chi connectivity index (χ0) is 13.7. The zero-order valence-corrected chi connectivity index (χ0v) is 11.6. The minimum absolute atomic E-state index is 0.108. The van der Waals surface area contributed by atoms with Crippen LogP contribution in [0.25, 0.3) is 0 Å². The van der Waals surface area contributed by atoms with Gasteiger partial charge in [-0.15, -0.1) is 11.3 Å². The van der Waals surface area contributed by atoms with E-state index in [1.807, 2.05) is 19.1 Å². The SMILES string of the molecule is CCOc1ccccc1C(=O)c1csc(CCN)n1. The molecule has 5 heteroatoms. The van der Waals surface area contributed by atoms with Gasteiger partial charge in [0.1, 0.15) is 11.4 Å². The van der Waals surface area contributed by atoms with E-state index >= 15 is 0 Å². The molecule has 4 nitrogen and oxygen atoms in total. The second kappa shape index (κ2) is 6.45. The van der Waals surface area contributed by atoms with E-state index in [4.69, 9.17) is 10.5 Å². The summed E-state index contributed by atoms with van der Waals surface area (Å²) in [6.45, 7) is 2.96. The molecule has 0 unspecified atom stereocenters. The van der Waals surface area contributed by atoms with Gasteiger partial charge in [-0.2, -0.15) is 0 Å². The maximum Gasteiger partial charge on any atom is 0.215 e. The molecule has 0 aliphatic heterocycles. The second-order valence-corrected chi connectivity index (χ2v) is 4.87. The number of carbonyl (C=O) groups excluding carboxylic acids is 1. The van der Waals surface area contributed by atoms with Gasteiger partial charge in [-0.3, -0.25) is 4.79 Å². The van der Waals surface area contributed by atoms with Gasteiger partial charge in [-0.1, -0.05) is 12.1 Å². The molecule has 19 heavy (non-hydrogen) atoms. The first kappa shape index (κ1) is 13.7. The Morgan fingerprint density at radius 3 is 2.95 bits per heavy atom. The number of nitrogens with two attached hydrogens (primary N) is 1. The Morgan fingerprint density at radius 2 is 2.21 bits per heavy atom. The van der Waals surface area contributed by atoms with Crippen molar-refractivity contribution in [1.82, 2.24) is 4.98 Å². The third-order valence-electron chi connectivity index (χ3n) is 2.57. The molecule has 2 rings (SSSR count). The van der Waals surface area contributed by atoms with Crippen molar-refractivity contribution >= 4 is 17.1 Å². The van der Waals surface area contributed by atoms with Crippen LogP contribution < -0.4 is 10.5 Å². The third kappa shape index (κ3) is 3.19. The van der Waals surface area contributed by atoms with E-state index < -0.39 is 0 Å². The van der Waals surface area contributed by atoms with E-state index in [2.05, 4.69) is 4.98 Å². The molecule has 0 spiro atoms. The Bertz CT molecular complexity index is 566. The molecule has 0 amide bonds. The number of para-hydroxylation sites is 1. The summed E-state index contributed by atoms with van der Waals surface area (Å²) in [5, 5.41) is 2.66. The molecule has 0 aliphatic rings. The van der Waals surface area contributed by atoms with Gasteiger partial charge < -0.3 is 10.5 Å². The smallest absolute Gasteiger partial charge is 0.215 e. The predicted molar refractivity (Wildman–Crippen MR) is 75.9 cm³/mol. The van der Waals surface area contributed by atoms with E-state index in [0.717, 1.165) is 5.01 Å². The van der Waals surface area contributed by atoms with Crippen molar-refractivity contribution < 1.29 is 9.53 Å². The highest BCUT2D eigenvalue weighted by molar-refractivity contribution is 7.09. The van der Waals surface area contributed by atoms with Crippen molar-refractivity contribution in [3.05, 3.63) is 45.9 Å². The molecule has 2 N–H and O–H groups in total. The highest BCUT2D eigenvalue weighted by atomic mass is 32.1. The lowest BCUT2D eigenvalue weighted by Gasteiger charge is -2.07. The lowest BCUT2D eigenvalue weighted by atomic mass is 10.1. The predicted octanol–water partition coefficient (Wildman–Crippen LogP) is 2.27. The fourth-order valence-corrected chi connectivity index (χ4v) is 2.52. The molecular formula is C14H16N2O2S. The Labute approximate surface area is 116 Å². The van der Waals surface area contributed by atoms with E-state index in [1.54, 1.807) is 17.5 Å². The van der Waals surface area contributed by atoms with Crippen LogP contribution in [-0.4, -0.2) is 23.9 Å². The minimum Gasteiger partial charge on any atom is -0.493 e. The number of benzene rings is 1. The van der Waals surface area contributed by atoms with Crippen molar-refractivity contribution in [3.8, 4) is 5.75 Å². The van der Waals surface area contributed by atoms with Crippen molar-refractivity contribution in [1.29, 1.82) is 0 Å². The molecule has 0 fully saturated rings. The Kier molecular flexibility index (Phi) is 4.65. The number of ketones is 1. The monoisotopic (exact) mass is 276 g/mol. The maximum atomic E-state index is 12.4. The maximum absolute atomic E-state index is 12.4. The lowest BCUT2D eigenvalue weighted by Crippen LogP contribution is -2.07. The highest BCUT2D eigenvalue weighted by Gasteiger charge is 2.17.